The van der Waals surface area contributed by atoms with E-state index in [9.17, 15) is 0 Å². The molecule has 2 aliphatic rings. The number of thiazole rings is 1. The first kappa shape index (κ1) is 13.5. The lowest BCUT2D eigenvalue weighted by Gasteiger charge is -2.38. The first-order valence-electron chi connectivity index (χ1n) is 7.01. The topological polar surface area (TPSA) is 34.6 Å². The van der Waals surface area contributed by atoms with Crippen LogP contribution in [0.15, 0.2) is 11.6 Å². The minimum Gasteiger partial charge on any atom is -0.382 e. The van der Waals surface area contributed by atoms with Crippen molar-refractivity contribution in [3.8, 4) is 0 Å². The van der Waals surface area contributed by atoms with Gasteiger partial charge in [0.2, 0.25) is 0 Å². The van der Waals surface area contributed by atoms with Gasteiger partial charge in [-0.1, -0.05) is 0 Å². The molecule has 1 aromatic rings. The molecule has 0 aromatic carbocycles. The van der Waals surface area contributed by atoms with Crippen molar-refractivity contribution in [2.45, 2.75) is 31.9 Å². The molecule has 19 heavy (non-hydrogen) atoms. The number of likely N-dealkylation sites (tertiary alicyclic amines) is 1. The molecule has 2 aliphatic heterocycles. The van der Waals surface area contributed by atoms with Crippen LogP contribution in [-0.2, 0) is 16.0 Å². The summed E-state index contributed by atoms with van der Waals surface area (Å²) in [6.45, 7) is 5.01. The van der Waals surface area contributed by atoms with Gasteiger partial charge in [-0.15, -0.1) is 11.3 Å². The highest BCUT2D eigenvalue weighted by atomic mass is 32.1. The monoisotopic (exact) mass is 282 g/mol. The Hall–Kier alpha value is -0.490. The van der Waals surface area contributed by atoms with Crippen molar-refractivity contribution in [2.75, 3.05) is 33.4 Å². The molecule has 3 rings (SSSR count). The lowest BCUT2D eigenvalue weighted by Crippen LogP contribution is -2.40. The predicted molar refractivity (Wildman–Crippen MR) is 75.3 cm³/mol. The molecule has 0 unspecified atom stereocenters. The van der Waals surface area contributed by atoms with Crippen molar-refractivity contribution in [3.05, 3.63) is 16.6 Å². The lowest BCUT2D eigenvalue weighted by atomic mass is 9.77. The predicted octanol–water partition coefficient (Wildman–Crippen LogP) is 2.16. The van der Waals surface area contributed by atoms with Gasteiger partial charge in [-0.05, 0) is 37.8 Å². The van der Waals surface area contributed by atoms with E-state index in [0.29, 0.717) is 11.5 Å². The minimum absolute atomic E-state index is 0.315. The van der Waals surface area contributed by atoms with Crippen LogP contribution in [-0.4, -0.2) is 49.4 Å². The van der Waals surface area contributed by atoms with E-state index >= 15 is 0 Å². The van der Waals surface area contributed by atoms with Crippen molar-refractivity contribution < 1.29 is 9.47 Å². The van der Waals surface area contributed by atoms with Gasteiger partial charge in [0.25, 0.3) is 0 Å². The average molecular weight is 282 g/mol. The molecule has 0 bridgehead atoms. The molecule has 3 heterocycles. The molecule has 0 radical (unpaired) electrons. The fraction of sp³-hybridized carbons (Fsp3) is 0.786. The zero-order valence-electron chi connectivity index (χ0n) is 11.5. The molecule has 2 saturated heterocycles. The largest absolute Gasteiger partial charge is 0.382 e. The van der Waals surface area contributed by atoms with Crippen LogP contribution in [0.2, 0.25) is 0 Å². The van der Waals surface area contributed by atoms with Crippen molar-refractivity contribution in [3.63, 3.8) is 0 Å². The first-order chi connectivity index (χ1) is 9.30. The van der Waals surface area contributed by atoms with Crippen LogP contribution in [0, 0.1) is 5.41 Å². The van der Waals surface area contributed by atoms with Crippen molar-refractivity contribution in [2.24, 2.45) is 5.41 Å². The van der Waals surface area contributed by atoms with Crippen LogP contribution in [0.3, 0.4) is 0 Å². The van der Waals surface area contributed by atoms with Gasteiger partial charge in [0.15, 0.2) is 0 Å². The molecule has 2 fully saturated rings. The summed E-state index contributed by atoms with van der Waals surface area (Å²) in [7, 11) is 1.75. The van der Waals surface area contributed by atoms with Crippen molar-refractivity contribution in [1.29, 1.82) is 0 Å². The molecular formula is C14H22N2O2S. The van der Waals surface area contributed by atoms with E-state index in [2.05, 4.69) is 15.3 Å². The van der Waals surface area contributed by atoms with Gasteiger partial charge in [-0.2, -0.15) is 0 Å². The van der Waals surface area contributed by atoms with Crippen LogP contribution in [0.5, 0.6) is 0 Å². The highest BCUT2D eigenvalue weighted by molar-refractivity contribution is 7.09. The smallest absolute Gasteiger partial charge is 0.107 e. The highest BCUT2D eigenvalue weighted by Gasteiger charge is 2.42. The normalized spacial score (nSPS) is 27.1. The summed E-state index contributed by atoms with van der Waals surface area (Å²) in [5, 5.41) is 3.29. The summed E-state index contributed by atoms with van der Waals surface area (Å²) in [6.07, 6.45) is 5.88. The fourth-order valence-corrected chi connectivity index (χ4v) is 3.90. The Morgan fingerprint density at radius 1 is 1.53 bits per heavy atom. The summed E-state index contributed by atoms with van der Waals surface area (Å²) in [5.74, 6) is 0. The summed E-state index contributed by atoms with van der Waals surface area (Å²) in [4.78, 5) is 6.89. The first-order valence-corrected chi connectivity index (χ1v) is 7.89. The zero-order valence-corrected chi connectivity index (χ0v) is 12.3. The van der Waals surface area contributed by atoms with Crippen LogP contribution in [0.4, 0.5) is 0 Å². The molecule has 4 nitrogen and oxygen atoms in total. The van der Waals surface area contributed by atoms with Gasteiger partial charge in [0, 0.05) is 18.7 Å². The number of methoxy groups -OCH3 is 1. The SMILES string of the molecule is COC[C@H]1CC2(CCN(Cc3nccs3)CC2)CO1. The molecule has 1 atom stereocenters. The van der Waals surface area contributed by atoms with Crippen molar-refractivity contribution in [1.82, 2.24) is 9.88 Å². The van der Waals surface area contributed by atoms with Crippen LogP contribution >= 0.6 is 11.3 Å². The third-order valence-corrected chi connectivity index (χ3v) is 5.16. The number of nitrogens with zero attached hydrogens (tertiary/aromatic N) is 2. The van der Waals surface area contributed by atoms with E-state index in [0.717, 1.165) is 19.8 Å². The molecule has 0 N–H and O–H groups in total. The van der Waals surface area contributed by atoms with Crippen molar-refractivity contribution >= 4 is 11.3 Å². The average Bonchev–Trinajstić information content (AvgIpc) is 3.04. The quantitative estimate of drug-likeness (QED) is 0.847. The summed E-state index contributed by atoms with van der Waals surface area (Å²) >= 11 is 1.75. The van der Waals surface area contributed by atoms with Gasteiger partial charge in [0.1, 0.15) is 5.01 Å². The summed E-state index contributed by atoms with van der Waals surface area (Å²) in [5.41, 5.74) is 0.419. The van der Waals surface area contributed by atoms with Crippen LogP contribution in [0.25, 0.3) is 0 Å². The number of aromatic nitrogens is 1. The summed E-state index contributed by atoms with van der Waals surface area (Å²) < 4.78 is 11.1. The molecular weight excluding hydrogens is 260 g/mol. The van der Waals surface area contributed by atoms with E-state index in [1.807, 2.05) is 6.20 Å². The molecule has 5 heteroatoms. The van der Waals surface area contributed by atoms with E-state index in [1.165, 1.54) is 37.4 Å². The number of ether oxygens (including phenoxy) is 2. The number of hydrogen-bond acceptors (Lipinski definition) is 5. The molecule has 0 saturated carbocycles. The molecule has 0 aliphatic carbocycles. The Morgan fingerprint density at radius 2 is 2.37 bits per heavy atom. The maximum atomic E-state index is 5.87. The second kappa shape index (κ2) is 5.87. The Balaban J connectivity index is 1.49. The Morgan fingerprint density at radius 3 is 3.05 bits per heavy atom. The molecule has 106 valence electrons. The van der Waals surface area contributed by atoms with Gasteiger partial charge in [0.05, 0.1) is 25.9 Å². The number of rotatable bonds is 4. The highest BCUT2D eigenvalue weighted by Crippen LogP contribution is 2.42. The zero-order chi connectivity index (χ0) is 13.1. The lowest BCUT2D eigenvalue weighted by molar-refractivity contribution is 0.0284. The molecule has 1 aromatic heterocycles. The molecule has 0 amide bonds. The van der Waals surface area contributed by atoms with E-state index < -0.39 is 0 Å². The van der Waals surface area contributed by atoms with E-state index in [4.69, 9.17) is 9.47 Å². The van der Waals surface area contributed by atoms with Crippen LogP contribution < -0.4 is 0 Å². The second-order valence-corrected chi connectivity index (χ2v) is 6.77. The van der Waals surface area contributed by atoms with Gasteiger partial charge in [-0.3, -0.25) is 4.90 Å². The second-order valence-electron chi connectivity index (χ2n) is 5.79. The van der Waals surface area contributed by atoms with Gasteiger partial charge < -0.3 is 9.47 Å². The maximum Gasteiger partial charge on any atom is 0.107 e. The van der Waals surface area contributed by atoms with E-state index in [1.54, 1.807) is 18.4 Å². The van der Waals surface area contributed by atoms with Gasteiger partial charge >= 0.3 is 0 Å². The number of piperidine rings is 1. The van der Waals surface area contributed by atoms with Crippen LogP contribution in [0.1, 0.15) is 24.3 Å². The minimum atomic E-state index is 0.315. The molecule has 1 spiro atoms. The third kappa shape index (κ3) is 3.16. The maximum absolute atomic E-state index is 5.87. The Bertz CT molecular complexity index is 388. The third-order valence-electron chi connectivity index (χ3n) is 4.40. The number of hydrogen-bond donors (Lipinski definition) is 0. The van der Waals surface area contributed by atoms with E-state index in [-0.39, 0.29) is 0 Å². The Labute approximate surface area is 118 Å². The standard InChI is InChI=1S/C14H22N2O2S/c1-17-10-12-8-14(11-18-12)2-5-16(6-3-14)9-13-15-4-7-19-13/h4,7,12H,2-3,5-6,8-11H2,1H3/t12-/m1/s1. The fourth-order valence-electron chi connectivity index (χ4n) is 3.24. The van der Waals surface area contributed by atoms with Gasteiger partial charge in [-0.25, -0.2) is 4.98 Å². The Kier molecular flexibility index (Phi) is 4.17. The summed E-state index contributed by atoms with van der Waals surface area (Å²) in [6, 6.07) is 0.